The van der Waals surface area contributed by atoms with E-state index in [4.69, 9.17) is 0 Å². The van der Waals surface area contributed by atoms with Gasteiger partial charge in [-0.1, -0.05) is 66.7 Å². The maximum Gasteiger partial charge on any atom is 0.0682 e. The van der Waals surface area contributed by atoms with Gasteiger partial charge in [0.2, 0.25) is 0 Å². The molecule has 2 heteroatoms. The summed E-state index contributed by atoms with van der Waals surface area (Å²) < 4.78 is 2.50. The van der Waals surface area contributed by atoms with Crippen molar-refractivity contribution in [2.75, 3.05) is 0 Å². The monoisotopic (exact) mass is 420 g/mol. The zero-order chi connectivity index (χ0) is 21.5. The first-order valence-corrected chi connectivity index (χ1v) is 11.6. The van der Waals surface area contributed by atoms with Crippen molar-refractivity contribution in [3.05, 3.63) is 108 Å². The molecule has 0 amide bonds. The first-order valence-electron chi connectivity index (χ1n) is 11.6. The smallest absolute Gasteiger partial charge is 0.0682 e. The quantitative estimate of drug-likeness (QED) is 0.258. The molecule has 154 valence electrons. The van der Waals surface area contributed by atoms with Crippen molar-refractivity contribution >= 4 is 44.5 Å². The minimum Gasteiger partial charge on any atom is -0.308 e. The van der Waals surface area contributed by atoms with E-state index in [-0.39, 0.29) is 0 Å². The number of benzene rings is 5. The Morgan fingerprint density at radius 3 is 2.48 bits per heavy atom. The van der Waals surface area contributed by atoms with Crippen LogP contribution >= 0.6 is 0 Å². The molecule has 0 bridgehead atoms. The van der Waals surface area contributed by atoms with Crippen LogP contribution in [-0.4, -0.2) is 10.8 Å². The van der Waals surface area contributed by atoms with Gasteiger partial charge in [-0.2, -0.15) is 0 Å². The number of para-hydroxylation sites is 1. The first-order chi connectivity index (χ1) is 16.4. The second-order valence-electron chi connectivity index (χ2n) is 9.17. The van der Waals surface area contributed by atoms with Gasteiger partial charge in [-0.05, 0) is 58.1 Å². The highest BCUT2D eigenvalue weighted by molar-refractivity contribution is 6.16. The van der Waals surface area contributed by atoms with Crippen molar-refractivity contribution < 1.29 is 0 Å². The van der Waals surface area contributed by atoms with Crippen LogP contribution in [0.4, 0.5) is 5.69 Å². The average Bonchev–Trinajstić information content (AvgIpc) is 3.55. The summed E-state index contributed by atoms with van der Waals surface area (Å²) in [5.41, 5.74) is 11.8. The van der Waals surface area contributed by atoms with Crippen LogP contribution in [0.3, 0.4) is 0 Å². The van der Waals surface area contributed by atoms with Gasteiger partial charge >= 0.3 is 0 Å². The Morgan fingerprint density at radius 2 is 1.55 bits per heavy atom. The number of rotatable bonds is 1. The topological polar surface area (TPSA) is 17.3 Å². The summed E-state index contributed by atoms with van der Waals surface area (Å²) in [6.45, 7) is 0. The molecule has 0 saturated heterocycles. The molecule has 33 heavy (non-hydrogen) atoms. The summed E-state index contributed by atoms with van der Waals surface area (Å²) >= 11 is 0. The van der Waals surface area contributed by atoms with Crippen LogP contribution in [0.15, 0.2) is 96.0 Å². The van der Waals surface area contributed by atoms with E-state index < -0.39 is 0 Å². The second kappa shape index (κ2) is 6.20. The SMILES string of the molecule is C1=Nc2cccc(-n3c4ccccc4c4ccc5c(c43)-c3cc4ccccc4cc3C5)c2C1. The molecule has 0 atom stereocenters. The molecule has 2 nitrogen and oxygen atoms in total. The van der Waals surface area contributed by atoms with Crippen LogP contribution in [0.5, 0.6) is 0 Å². The Labute approximate surface area is 191 Å². The standard InChI is InChI=1S/C31H20N2/c1-2-7-20-18-26-22(16-19(20)6-1)17-21-12-13-24-23-8-3-4-10-28(23)33(31(24)30(21)26)29-11-5-9-27-25(29)14-15-32-27/h1-13,15-16,18H,14,17H2. The van der Waals surface area contributed by atoms with Gasteiger partial charge in [0.25, 0.3) is 0 Å². The zero-order valence-corrected chi connectivity index (χ0v) is 18.0. The van der Waals surface area contributed by atoms with Crippen LogP contribution in [0.2, 0.25) is 0 Å². The van der Waals surface area contributed by atoms with E-state index in [2.05, 4.69) is 101 Å². The summed E-state index contributed by atoms with van der Waals surface area (Å²) in [6, 6.07) is 33.5. The minimum absolute atomic E-state index is 0.885. The van der Waals surface area contributed by atoms with Crippen molar-refractivity contribution in [1.29, 1.82) is 0 Å². The van der Waals surface area contributed by atoms with Crippen LogP contribution in [0, 0.1) is 0 Å². The molecule has 5 aromatic carbocycles. The van der Waals surface area contributed by atoms with Crippen LogP contribution in [-0.2, 0) is 12.8 Å². The number of hydrogen-bond donors (Lipinski definition) is 0. The molecule has 2 heterocycles. The summed E-state index contributed by atoms with van der Waals surface area (Å²) in [5, 5.41) is 5.25. The number of aliphatic imine (C=N–C) groups is 1. The molecule has 2 aliphatic rings. The highest BCUT2D eigenvalue weighted by Crippen LogP contribution is 2.47. The average molecular weight is 421 g/mol. The lowest BCUT2D eigenvalue weighted by molar-refractivity contribution is 1.14. The Hall–Kier alpha value is -4.17. The van der Waals surface area contributed by atoms with E-state index in [0.717, 1.165) is 18.5 Å². The molecule has 0 spiro atoms. The molecule has 0 N–H and O–H groups in total. The van der Waals surface area contributed by atoms with E-state index in [1.165, 1.54) is 66.1 Å². The largest absolute Gasteiger partial charge is 0.308 e. The predicted molar refractivity (Wildman–Crippen MR) is 138 cm³/mol. The van der Waals surface area contributed by atoms with Gasteiger partial charge in [-0.25, -0.2) is 0 Å². The van der Waals surface area contributed by atoms with Gasteiger partial charge in [0.15, 0.2) is 0 Å². The van der Waals surface area contributed by atoms with Crippen molar-refractivity contribution in [2.45, 2.75) is 12.8 Å². The highest BCUT2D eigenvalue weighted by atomic mass is 15.0. The minimum atomic E-state index is 0.885. The molecule has 0 radical (unpaired) electrons. The highest BCUT2D eigenvalue weighted by Gasteiger charge is 2.26. The van der Waals surface area contributed by atoms with Crippen LogP contribution in [0.1, 0.15) is 16.7 Å². The van der Waals surface area contributed by atoms with Gasteiger partial charge in [0.05, 0.1) is 22.4 Å². The number of aromatic nitrogens is 1. The lowest BCUT2D eigenvalue weighted by Crippen LogP contribution is -2.00. The second-order valence-corrected chi connectivity index (χ2v) is 9.17. The van der Waals surface area contributed by atoms with Crippen molar-refractivity contribution in [1.82, 2.24) is 4.57 Å². The molecular weight excluding hydrogens is 400 g/mol. The van der Waals surface area contributed by atoms with E-state index in [0.29, 0.717) is 0 Å². The fourth-order valence-corrected chi connectivity index (χ4v) is 6.01. The van der Waals surface area contributed by atoms with Crippen LogP contribution in [0.25, 0.3) is 49.4 Å². The predicted octanol–water partition coefficient (Wildman–Crippen LogP) is 7.77. The lowest BCUT2D eigenvalue weighted by Gasteiger charge is -2.15. The fraction of sp³-hybridized carbons (Fsp3) is 0.0645. The normalized spacial score (nSPS) is 13.7. The number of fused-ring (bicyclic) bond motifs is 9. The van der Waals surface area contributed by atoms with Crippen molar-refractivity contribution in [3.8, 4) is 16.8 Å². The fourth-order valence-electron chi connectivity index (χ4n) is 6.01. The summed E-state index contributed by atoms with van der Waals surface area (Å²) in [6.07, 6.45) is 3.91. The van der Waals surface area contributed by atoms with Crippen molar-refractivity contribution in [3.63, 3.8) is 0 Å². The van der Waals surface area contributed by atoms with E-state index in [1.807, 2.05) is 6.21 Å². The van der Waals surface area contributed by atoms with Gasteiger partial charge in [-0.15, -0.1) is 0 Å². The third kappa shape index (κ3) is 2.25. The Morgan fingerprint density at radius 1 is 0.697 bits per heavy atom. The van der Waals surface area contributed by atoms with Gasteiger partial charge in [0, 0.05) is 34.5 Å². The maximum atomic E-state index is 4.63. The Kier molecular flexibility index (Phi) is 3.27. The van der Waals surface area contributed by atoms with Gasteiger partial charge in [0.1, 0.15) is 0 Å². The molecule has 8 rings (SSSR count). The molecule has 0 saturated carbocycles. The van der Waals surface area contributed by atoms with Gasteiger partial charge < -0.3 is 4.57 Å². The Bertz CT molecular complexity index is 1820. The molecule has 1 aromatic heterocycles. The summed E-state index contributed by atoms with van der Waals surface area (Å²) in [5.74, 6) is 0. The van der Waals surface area contributed by atoms with Gasteiger partial charge in [-0.3, -0.25) is 4.99 Å². The molecule has 0 fully saturated rings. The third-order valence-electron chi connectivity index (χ3n) is 7.44. The Balaban J connectivity index is 1.56. The number of nitrogens with zero attached hydrogens (tertiary/aromatic N) is 2. The first kappa shape index (κ1) is 17.4. The molecule has 1 aliphatic heterocycles. The molecule has 6 aromatic rings. The number of hydrogen-bond acceptors (Lipinski definition) is 1. The lowest BCUT2D eigenvalue weighted by atomic mass is 9.98. The molecule has 1 aliphatic carbocycles. The zero-order valence-electron chi connectivity index (χ0n) is 18.0. The van der Waals surface area contributed by atoms with E-state index >= 15 is 0 Å². The molecule has 0 unspecified atom stereocenters. The third-order valence-corrected chi connectivity index (χ3v) is 7.44. The van der Waals surface area contributed by atoms with Crippen LogP contribution < -0.4 is 0 Å². The van der Waals surface area contributed by atoms with Crippen molar-refractivity contribution in [2.24, 2.45) is 4.99 Å². The molecular formula is C31H20N2. The summed E-state index contributed by atoms with van der Waals surface area (Å²) in [7, 11) is 0. The maximum absolute atomic E-state index is 4.63. The van der Waals surface area contributed by atoms with E-state index in [1.54, 1.807) is 0 Å². The van der Waals surface area contributed by atoms with E-state index in [9.17, 15) is 0 Å². The summed E-state index contributed by atoms with van der Waals surface area (Å²) in [4.78, 5) is 4.63.